The SMILES string of the molecule is [CH-]=C/C([NH-])=C(C1=N/C(=C(/c2cc(OC)c(Br)c(OC)c2)c2ccc(/C(=C3/C=CC([C](=[Zn])c4cc(OC)c(Br)c(OC)c4)=N3)c3cc(OC)c(Br)c(OC)c3)[nH]2)C=C1)\c1cc(OC)c(Br)c(OC)c1. The second kappa shape index (κ2) is 21.9. The molecule has 0 aliphatic carbocycles. The van der Waals surface area contributed by atoms with Gasteiger partial charge in [0.2, 0.25) is 0 Å². The molecule has 0 amide bonds. The zero-order valence-corrected chi connectivity index (χ0v) is 47.4. The van der Waals surface area contributed by atoms with Crippen molar-refractivity contribution in [2.75, 3.05) is 56.9 Å². The van der Waals surface area contributed by atoms with E-state index < -0.39 is 0 Å². The summed E-state index contributed by atoms with van der Waals surface area (Å²) in [5.41, 5.74) is 18.1. The number of allylic oxidation sites excluding steroid dienone is 6. The van der Waals surface area contributed by atoms with Crippen LogP contribution in [0.4, 0.5) is 0 Å². The molecule has 5 aromatic rings. The Morgan fingerprint density at radius 1 is 0.500 bits per heavy atom. The van der Waals surface area contributed by atoms with Gasteiger partial charge in [0.1, 0.15) is 20.4 Å². The van der Waals surface area contributed by atoms with Crippen molar-refractivity contribution in [1.82, 2.24) is 4.98 Å². The molecule has 0 saturated heterocycles. The summed E-state index contributed by atoms with van der Waals surface area (Å²) in [6, 6.07) is 19.3. The minimum absolute atomic E-state index is 0.0474. The third kappa shape index (κ3) is 9.86. The van der Waals surface area contributed by atoms with Crippen LogP contribution in [0, 0.1) is 6.58 Å². The number of nitrogens with one attached hydrogen (secondary N) is 2. The van der Waals surface area contributed by atoms with Gasteiger partial charge >= 0.3 is 294 Å². The predicted octanol–water partition coefficient (Wildman–Crippen LogP) is 12.9. The Labute approximate surface area is 438 Å². The molecule has 2 aliphatic rings. The molecule has 346 valence electrons. The van der Waals surface area contributed by atoms with E-state index in [1.807, 2.05) is 72.8 Å². The predicted molar refractivity (Wildman–Crippen MR) is 279 cm³/mol. The van der Waals surface area contributed by atoms with Gasteiger partial charge in [-0.25, -0.2) is 0 Å². The molecule has 0 unspecified atom stereocenters. The molecule has 0 spiro atoms. The summed E-state index contributed by atoms with van der Waals surface area (Å²) >= 11 is 15.3. The monoisotopic (exact) mass is 1220 g/mol. The zero-order valence-electron chi connectivity index (χ0n) is 38.1. The summed E-state index contributed by atoms with van der Waals surface area (Å²) in [7, 11) is 12.8. The molecular formula is C51H42Br4N4O8Zn-2. The van der Waals surface area contributed by atoms with E-state index in [0.29, 0.717) is 98.9 Å². The fraction of sp³-hybridized carbons (Fsp3) is 0.157. The van der Waals surface area contributed by atoms with Crippen molar-refractivity contribution in [3.63, 3.8) is 0 Å². The molecule has 68 heavy (non-hydrogen) atoms. The Balaban J connectivity index is 1.47. The molecule has 0 atom stereocenters. The van der Waals surface area contributed by atoms with Crippen LogP contribution in [0.5, 0.6) is 46.0 Å². The minimum atomic E-state index is 0.0474. The number of hydrogen-bond acceptors (Lipinski definition) is 10. The van der Waals surface area contributed by atoms with Crippen LogP contribution in [0.3, 0.4) is 0 Å². The normalized spacial score (nSPS) is 14.7. The fourth-order valence-corrected chi connectivity index (χ4v) is 10.7. The van der Waals surface area contributed by atoms with Crippen molar-refractivity contribution in [2.24, 2.45) is 9.98 Å². The quantitative estimate of drug-likeness (QED) is 0.0552. The second-order valence-electron chi connectivity index (χ2n) is 14.7. The van der Waals surface area contributed by atoms with E-state index in [1.165, 1.54) is 6.08 Å². The van der Waals surface area contributed by atoms with Gasteiger partial charge in [0.05, 0.1) is 28.4 Å². The Kier molecular flexibility index (Phi) is 16.2. The number of hydrogen-bond donors (Lipinski definition) is 1. The molecule has 17 heteroatoms. The number of methoxy groups -OCH3 is 8. The van der Waals surface area contributed by atoms with E-state index in [-0.39, 0.29) is 5.70 Å². The number of aliphatic imine (C=N–C) groups is 2. The fourth-order valence-electron chi connectivity index (χ4n) is 7.64. The number of rotatable bonds is 17. The molecule has 4 aromatic carbocycles. The molecule has 1 aromatic heterocycles. The number of benzene rings is 4. The van der Waals surface area contributed by atoms with E-state index in [1.54, 1.807) is 69.0 Å². The number of ether oxygens (including phenoxy) is 8. The standard InChI is InChI=1S/C51H42Br4N4O8.Zn/c1-10-31(56)45(27-20-39(62-4)49(53)40(21-27)63-5)32-13-14-35(58-32)47(29-24-43(66-8)51(55)44(25-29)67-9)36-16-15-34(59-36)46(28-22-41(64-6)50(54)42(23-28)65-7)33-12-11-30(57-33)17-26-18-37(60-2)48(52)38(19-26)61-3;/h1,10-16,18-25,56,59H,2-9H3;/q-2;/b45-31-,46-33-,47-35-;. The molecule has 3 heterocycles. The van der Waals surface area contributed by atoms with E-state index in [2.05, 4.69) is 68.7 Å². The van der Waals surface area contributed by atoms with Crippen molar-refractivity contribution in [2.45, 2.75) is 0 Å². The van der Waals surface area contributed by atoms with Crippen LogP contribution in [-0.2, 0) is 17.9 Å². The molecule has 0 bridgehead atoms. The Morgan fingerprint density at radius 3 is 1.15 bits per heavy atom. The van der Waals surface area contributed by atoms with Crippen LogP contribution in [-0.4, -0.2) is 77.4 Å². The van der Waals surface area contributed by atoms with Gasteiger partial charge in [-0.1, -0.05) is 5.57 Å². The third-order valence-electron chi connectivity index (χ3n) is 11.0. The first-order valence-corrected chi connectivity index (χ1v) is 25.0. The summed E-state index contributed by atoms with van der Waals surface area (Å²) in [6.45, 7) is 6.04. The molecule has 0 fully saturated rings. The summed E-state index contributed by atoms with van der Waals surface area (Å²) in [5.74, 6) is 4.55. The summed E-state index contributed by atoms with van der Waals surface area (Å²) < 4.78 is 49.8. The van der Waals surface area contributed by atoms with Crippen molar-refractivity contribution >= 4 is 96.0 Å². The van der Waals surface area contributed by atoms with Gasteiger partial charge in [-0.3, -0.25) is 18.4 Å². The van der Waals surface area contributed by atoms with Gasteiger partial charge in [0.15, 0.2) is 0 Å². The zero-order chi connectivity index (χ0) is 49.0. The van der Waals surface area contributed by atoms with Crippen LogP contribution < -0.4 is 37.9 Å². The van der Waals surface area contributed by atoms with E-state index >= 15 is 0 Å². The Bertz CT molecular complexity index is 3010. The molecule has 0 saturated carbocycles. The smallest absolute Gasteiger partial charge is 0.495 e. The third-order valence-corrected chi connectivity index (χ3v) is 15.8. The first-order chi connectivity index (χ1) is 32.8. The average Bonchev–Trinajstić information content (AvgIpc) is 4.16. The maximum absolute atomic E-state index is 9.02. The van der Waals surface area contributed by atoms with Gasteiger partial charge in [-0.05, 0) is 49.6 Å². The molecule has 2 aliphatic heterocycles. The van der Waals surface area contributed by atoms with Crippen LogP contribution >= 0.6 is 63.7 Å². The summed E-state index contributed by atoms with van der Waals surface area (Å²) in [6.07, 6.45) is 9.00. The molecule has 0 radical (unpaired) electrons. The number of nitrogens with zero attached hydrogens (tertiary/aromatic N) is 2. The van der Waals surface area contributed by atoms with Crippen LogP contribution in [0.1, 0.15) is 33.6 Å². The van der Waals surface area contributed by atoms with Crippen LogP contribution in [0.15, 0.2) is 136 Å². The molecular weight excluding hydrogens is 1180 g/mol. The molecule has 7 rings (SSSR count). The maximum atomic E-state index is 9.02. The minimum Gasteiger partial charge on any atom is -0.495 e. The van der Waals surface area contributed by atoms with Crippen molar-refractivity contribution in [3.8, 4) is 46.0 Å². The second-order valence-corrected chi connectivity index (χ2v) is 19.3. The molecule has 2 N–H and O–H groups in total. The Morgan fingerprint density at radius 2 is 0.809 bits per heavy atom. The van der Waals surface area contributed by atoms with E-state index in [9.17, 15) is 0 Å². The van der Waals surface area contributed by atoms with Crippen molar-refractivity contribution in [1.29, 1.82) is 0 Å². The van der Waals surface area contributed by atoms with Crippen LogP contribution in [0.25, 0.3) is 22.5 Å². The van der Waals surface area contributed by atoms with Gasteiger partial charge in [0.25, 0.3) is 0 Å². The van der Waals surface area contributed by atoms with E-state index in [0.717, 1.165) is 60.1 Å². The number of H-pyrrole nitrogens is 1. The average molecular weight is 1220 g/mol. The van der Waals surface area contributed by atoms with Crippen LogP contribution in [0.2, 0.25) is 0 Å². The first-order valence-electron chi connectivity index (χ1n) is 20.4. The van der Waals surface area contributed by atoms with Crippen molar-refractivity contribution in [3.05, 3.63) is 172 Å². The van der Waals surface area contributed by atoms with Gasteiger partial charge in [-0.2, -0.15) is 0 Å². The number of aromatic nitrogens is 1. The summed E-state index contributed by atoms with van der Waals surface area (Å²) in [5, 5.41) is 0. The number of aromatic amines is 1. The van der Waals surface area contributed by atoms with Gasteiger partial charge < -0.3 is 24.7 Å². The molecule has 12 nitrogen and oxygen atoms in total. The van der Waals surface area contributed by atoms with Gasteiger partial charge in [-0.15, -0.1) is 0 Å². The van der Waals surface area contributed by atoms with Gasteiger partial charge in [0, 0.05) is 0 Å². The summed E-state index contributed by atoms with van der Waals surface area (Å²) in [4.78, 5) is 14.2. The van der Waals surface area contributed by atoms with E-state index in [4.69, 9.17) is 60.2 Å². The first kappa shape index (κ1) is 50.4. The van der Waals surface area contributed by atoms with Crippen molar-refractivity contribution < 1.29 is 55.7 Å². The Hall–Kier alpha value is -5.45. The topological polar surface area (TPSA) is 138 Å². The number of halogens is 4.